The lowest BCUT2D eigenvalue weighted by Gasteiger charge is -2.09. The third kappa shape index (κ3) is 7.10. The summed E-state index contributed by atoms with van der Waals surface area (Å²) in [6, 6.07) is 7.53. The molecule has 0 aliphatic carbocycles. The third-order valence-corrected chi connectivity index (χ3v) is 2.40. The van der Waals surface area contributed by atoms with Crippen LogP contribution in [0.4, 0.5) is 13.2 Å². The number of nitrogens with one attached hydrogen (secondary N) is 2. The standard InChI is InChI=1S/C13H17F3N2O2/c1-20-8-11-4-2-3-10(5-11)6-17-7-12(19)18-9-13(14,15)16/h2-5,17H,6-9H2,1H3,(H,18,19). The Hall–Kier alpha value is -1.60. The van der Waals surface area contributed by atoms with Crippen LogP contribution in [0.15, 0.2) is 24.3 Å². The van der Waals surface area contributed by atoms with Crippen molar-refractivity contribution in [2.24, 2.45) is 0 Å². The number of carbonyl (C=O) groups excluding carboxylic acids is 1. The van der Waals surface area contributed by atoms with E-state index in [4.69, 9.17) is 4.74 Å². The largest absolute Gasteiger partial charge is 0.405 e. The molecule has 112 valence electrons. The fourth-order valence-corrected chi connectivity index (χ4v) is 1.58. The molecule has 1 amide bonds. The van der Waals surface area contributed by atoms with Crippen molar-refractivity contribution in [3.8, 4) is 0 Å². The van der Waals surface area contributed by atoms with E-state index in [-0.39, 0.29) is 6.54 Å². The molecule has 1 aromatic carbocycles. The lowest BCUT2D eigenvalue weighted by Crippen LogP contribution is -2.39. The van der Waals surface area contributed by atoms with Gasteiger partial charge < -0.3 is 15.4 Å². The molecule has 2 N–H and O–H groups in total. The Morgan fingerprint density at radius 2 is 2.00 bits per heavy atom. The first-order valence-electron chi connectivity index (χ1n) is 6.01. The van der Waals surface area contributed by atoms with Gasteiger partial charge in [0.25, 0.3) is 0 Å². The summed E-state index contributed by atoms with van der Waals surface area (Å²) in [5.41, 5.74) is 1.93. The summed E-state index contributed by atoms with van der Waals surface area (Å²) in [6.07, 6.45) is -4.38. The van der Waals surface area contributed by atoms with Crippen LogP contribution >= 0.6 is 0 Å². The van der Waals surface area contributed by atoms with Crippen LogP contribution in [0.1, 0.15) is 11.1 Å². The van der Waals surface area contributed by atoms with Gasteiger partial charge in [0.15, 0.2) is 0 Å². The summed E-state index contributed by atoms with van der Waals surface area (Å²) < 4.78 is 40.6. The molecule has 0 heterocycles. The second-order valence-electron chi connectivity index (χ2n) is 4.25. The first kappa shape index (κ1) is 16.5. The monoisotopic (exact) mass is 290 g/mol. The Labute approximate surface area is 115 Å². The van der Waals surface area contributed by atoms with Crippen LogP contribution in [0, 0.1) is 0 Å². The Balaban J connectivity index is 2.30. The van der Waals surface area contributed by atoms with E-state index >= 15 is 0 Å². The van der Waals surface area contributed by atoms with Crippen LogP contribution in [0.5, 0.6) is 0 Å². The zero-order chi connectivity index (χ0) is 15.0. The van der Waals surface area contributed by atoms with Gasteiger partial charge in [0.2, 0.25) is 5.91 Å². The van der Waals surface area contributed by atoms with Crippen molar-refractivity contribution in [2.75, 3.05) is 20.2 Å². The van der Waals surface area contributed by atoms with Crippen LogP contribution in [-0.2, 0) is 22.7 Å². The van der Waals surface area contributed by atoms with Gasteiger partial charge in [0.05, 0.1) is 13.2 Å². The number of alkyl halides is 3. The Kier molecular flexibility index (Phi) is 6.47. The van der Waals surface area contributed by atoms with Crippen molar-refractivity contribution in [1.29, 1.82) is 0 Å². The number of rotatable bonds is 7. The molecule has 0 bridgehead atoms. The lowest BCUT2D eigenvalue weighted by molar-refractivity contribution is -0.137. The van der Waals surface area contributed by atoms with Crippen molar-refractivity contribution in [2.45, 2.75) is 19.3 Å². The number of halogens is 3. The van der Waals surface area contributed by atoms with E-state index in [1.54, 1.807) is 12.4 Å². The van der Waals surface area contributed by atoms with Crippen molar-refractivity contribution >= 4 is 5.91 Å². The zero-order valence-electron chi connectivity index (χ0n) is 11.1. The van der Waals surface area contributed by atoms with Crippen LogP contribution in [0.25, 0.3) is 0 Å². The number of carbonyl (C=O) groups is 1. The number of methoxy groups -OCH3 is 1. The first-order valence-corrected chi connectivity index (χ1v) is 6.01. The maximum Gasteiger partial charge on any atom is 0.405 e. The molecule has 0 saturated carbocycles. The summed E-state index contributed by atoms with van der Waals surface area (Å²) in [7, 11) is 1.59. The molecule has 0 fully saturated rings. The van der Waals surface area contributed by atoms with Gasteiger partial charge in [-0.05, 0) is 11.1 Å². The van der Waals surface area contributed by atoms with Gasteiger partial charge in [-0.15, -0.1) is 0 Å². The predicted molar refractivity (Wildman–Crippen MR) is 67.9 cm³/mol. The Bertz CT molecular complexity index is 436. The highest BCUT2D eigenvalue weighted by Gasteiger charge is 2.27. The molecule has 0 radical (unpaired) electrons. The number of amides is 1. The van der Waals surface area contributed by atoms with Gasteiger partial charge in [0, 0.05) is 13.7 Å². The number of hydrogen-bond donors (Lipinski definition) is 2. The van der Waals surface area contributed by atoms with E-state index in [0.717, 1.165) is 11.1 Å². The van der Waals surface area contributed by atoms with Crippen LogP contribution in [0.3, 0.4) is 0 Å². The van der Waals surface area contributed by atoms with E-state index in [0.29, 0.717) is 13.2 Å². The molecule has 0 spiro atoms. The zero-order valence-corrected chi connectivity index (χ0v) is 11.1. The minimum atomic E-state index is -4.38. The molecule has 1 aromatic rings. The van der Waals surface area contributed by atoms with Gasteiger partial charge >= 0.3 is 6.18 Å². The van der Waals surface area contributed by atoms with Gasteiger partial charge in [-0.1, -0.05) is 24.3 Å². The predicted octanol–water partition coefficient (Wildman–Crippen LogP) is 1.60. The SMILES string of the molecule is COCc1cccc(CNCC(=O)NCC(F)(F)F)c1. The van der Waals surface area contributed by atoms with Gasteiger partial charge in [-0.3, -0.25) is 4.79 Å². The van der Waals surface area contributed by atoms with E-state index in [1.165, 1.54) is 0 Å². The molecular formula is C13H17F3N2O2. The summed E-state index contributed by atoms with van der Waals surface area (Å²) in [5.74, 6) is -0.685. The van der Waals surface area contributed by atoms with Gasteiger partial charge in [0.1, 0.15) is 6.54 Å². The Morgan fingerprint density at radius 1 is 1.30 bits per heavy atom. The number of ether oxygens (including phenoxy) is 1. The van der Waals surface area contributed by atoms with Crippen LogP contribution in [0.2, 0.25) is 0 Å². The molecule has 0 aliphatic rings. The minimum Gasteiger partial charge on any atom is -0.380 e. The maximum atomic E-state index is 11.9. The lowest BCUT2D eigenvalue weighted by atomic mass is 10.1. The first-order chi connectivity index (χ1) is 9.40. The molecule has 0 aliphatic heterocycles. The Morgan fingerprint density at radius 3 is 2.65 bits per heavy atom. The highest BCUT2D eigenvalue weighted by molar-refractivity contribution is 5.78. The van der Waals surface area contributed by atoms with Crippen molar-refractivity contribution in [1.82, 2.24) is 10.6 Å². The van der Waals surface area contributed by atoms with Crippen molar-refractivity contribution < 1.29 is 22.7 Å². The normalized spacial score (nSPS) is 11.4. The second-order valence-corrected chi connectivity index (χ2v) is 4.25. The van der Waals surface area contributed by atoms with Gasteiger partial charge in [-0.25, -0.2) is 0 Å². The molecular weight excluding hydrogens is 273 g/mol. The molecule has 1 rings (SSSR count). The molecule has 0 aromatic heterocycles. The highest BCUT2D eigenvalue weighted by Crippen LogP contribution is 2.11. The van der Waals surface area contributed by atoms with Crippen molar-refractivity contribution in [3.63, 3.8) is 0 Å². The quantitative estimate of drug-likeness (QED) is 0.802. The highest BCUT2D eigenvalue weighted by atomic mass is 19.4. The summed E-state index contributed by atoms with van der Waals surface area (Å²) in [6.45, 7) is -0.585. The summed E-state index contributed by atoms with van der Waals surface area (Å²) >= 11 is 0. The molecule has 20 heavy (non-hydrogen) atoms. The fraction of sp³-hybridized carbons (Fsp3) is 0.462. The second kappa shape index (κ2) is 7.86. The van der Waals surface area contributed by atoms with E-state index in [9.17, 15) is 18.0 Å². The number of benzene rings is 1. The van der Waals surface area contributed by atoms with Gasteiger partial charge in [-0.2, -0.15) is 13.2 Å². The minimum absolute atomic E-state index is 0.162. The summed E-state index contributed by atoms with van der Waals surface area (Å²) in [4.78, 5) is 11.2. The smallest absolute Gasteiger partial charge is 0.380 e. The topological polar surface area (TPSA) is 50.4 Å². The van der Waals surface area contributed by atoms with E-state index in [1.807, 2.05) is 24.3 Å². The average Bonchev–Trinajstić information content (AvgIpc) is 2.36. The molecule has 0 saturated heterocycles. The molecule has 7 heteroatoms. The molecule has 4 nitrogen and oxygen atoms in total. The van der Waals surface area contributed by atoms with E-state index in [2.05, 4.69) is 5.32 Å². The average molecular weight is 290 g/mol. The maximum absolute atomic E-state index is 11.9. The number of hydrogen-bond acceptors (Lipinski definition) is 3. The van der Waals surface area contributed by atoms with E-state index < -0.39 is 18.6 Å². The summed E-state index contributed by atoms with van der Waals surface area (Å²) in [5, 5.41) is 4.58. The molecule has 0 unspecified atom stereocenters. The fourth-order valence-electron chi connectivity index (χ4n) is 1.58. The van der Waals surface area contributed by atoms with Crippen LogP contribution in [-0.4, -0.2) is 32.3 Å². The van der Waals surface area contributed by atoms with Crippen LogP contribution < -0.4 is 10.6 Å². The van der Waals surface area contributed by atoms with Crippen molar-refractivity contribution in [3.05, 3.63) is 35.4 Å². The molecule has 0 atom stereocenters. The third-order valence-electron chi connectivity index (χ3n) is 2.40.